The van der Waals surface area contributed by atoms with E-state index in [0.717, 1.165) is 56.5 Å². The molecule has 0 spiro atoms. The Bertz CT molecular complexity index is 795. The van der Waals surface area contributed by atoms with Gasteiger partial charge in [0.15, 0.2) is 0 Å². The molecular weight excluding hydrogens is 436 g/mol. The lowest BCUT2D eigenvalue weighted by atomic mass is 9.92. The smallest absolute Gasteiger partial charge is 0.410 e. The van der Waals surface area contributed by atoms with Crippen LogP contribution in [0.5, 0.6) is 5.75 Å². The molecule has 1 fully saturated rings. The number of carboxylic acids is 1. The van der Waals surface area contributed by atoms with Crippen molar-refractivity contribution in [2.45, 2.75) is 84.3 Å². The summed E-state index contributed by atoms with van der Waals surface area (Å²) in [5.74, 6) is 0.0610. The van der Waals surface area contributed by atoms with E-state index in [0.29, 0.717) is 12.5 Å². The van der Waals surface area contributed by atoms with Crippen LogP contribution in [0.3, 0.4) is 0 Å². The summed E-state index contributed by atoms with van der Waals surface area (Å²) in [5.41, 5.74) is 0.371. The highest BCUT2D eigenvalue weighted by atomic mass is 16.6. The number of aliphatic carboxylic acids is 1. The summed E-state index contributed by atoms with van der Waals surface area (Å²) in [6.07, 6.45) is 5.45. The zero-order chi connectivity index (χ0) is 25.1. The number of rotatable bonds is 11. The Labute approximate surface area is 203 Å². The molecule has 0 aliphatic carbocycles. The van der Waals surface area contributed by atoms with Gasteiger partial charge in [0, 0.05) is 25.9 Å². The summed E-state index contributed by atoms with van der Waals surface area (Å²) in [7, 11) is 0. The van der Waals surface area contributed by atoms with Crippen molar-refractivity contribution in [1.82, 2.24) is 10.2 Å². The molecule has 0 aromatic heterocycles. The van der Waals surface area contributed by atoms with Gasteiger partial charge in [0.2, 0.25) is 5.91 Å². The molecule has 1 atom stereocenters. The Hall–Kier alpha value is -2.77. The predicted molar refractivity (Wildman–Crippen MR) is 130 cm³/mol. The molecule has 1 aromatic carbocycles. The lowest BCUT2D eigenvalue weighted by Gasteiger charge is -2.33. The summed E-state index contributed by atoms with van der Waals surface area (Å²) in [4.78, 5) is 36.9. The van der Waals surface area contributed by atoms with Gasteiger partial charge in [-0.05, 0) is 70.1 Å². The lowest BCUT2D eigenvalue weighted by molar-refractivity contribution is -0.141. The number of hydrogen-bond donors (Lipinski definition) is 2. The highest BCUT2D eigenvalue weighted by molar-refractivity contribution is 5.83. The van der Waals surface area contributed by atoms with Crippen LogP contribution in [0.2, 0.25) is 0 Å². The Kier molecular flexibility index (Phi) is 10.7. The van der Waals surface area contributed by atoms with E-state index in [1.165, 1.54) is 0 Å². The van der Waals surface area contributed by atoms with Crippen molar-refractivity contribution in [2.24, 2.45) is 5.92 Å². The molecule has 2 N–H and O–H groups in total. The fraction of sp³-hybridized carbons (Fsp3) is 0.654. The molecule has 1 heterocycles. The number of benzene rings is 1. The molecule has 0 bridgehead atoms. The predicted octanol–water partition coefficient (Wildman–Crippen LogP) is 4.40. The van der Waals surface area contributed by atoms with Gasteiger partial charge in [-0.2, -0.15) is 0 Å². The molecule has 34 heavy (non-hydrogen) atoms. The Morgan fingerprint density at radius 3 is 2.32 bits per heavy atom. The normalized spacial score (nSPS) is 15.5. The van der Waals surface area contributed by atoms with Gasteiger partial charge in [-0.25, -0.2) is 9.59 Å². The number of carboxylic acid groups (broad SMARTS) is 1. The number of hydrogen-bond acceptors (Lipinski definition) is 5. The number of ether oxygens (including phenoxy) is 2. The standard InChI is InChI=1S/C26H40N2O6/c1-5-23(29)27-22(24(30)31)18-20-9-11-21(12-10-20)33-17-7-6-8-19-13-15-28(16-14-19)25(32)34-26(2,3)4/h9-12,19,22H,5-8,13-18H2,1-4H3,(H,27,29)(H,30,31)/t22-/m0/s1. The van der Waals surface area contributed by atoms with Crippen LogP contribution in [0.4, 0.5) is 4.79 Å². The molecule has 1 aliphatic heterocycles. The van der Waals surface area contributed by atoms with Gasteiger partial charge in [-0.3, -0.25) is 4.79 Å². The zero-order valence-electron chi connectivity index (χ0n) is 21.0. The van der Waals surface area contributed by atoms with Crippen molar-refractivity contribution in [3.63, 3.8) is 0 Å². The summed E-state index contributed by atoms with van der Waals surface area (Å²) in [6.45, 7) is 9.49. The van der Waals surface area contributed by atoms with Crippen LogP contribution in [-0.4, -0.2) is 59.3 Å². The molecule has 0 unspecified atom stereocenters. The van der Waals surface area contributed by atoms with Crippen LogP contribution in [0.15, 0.2) is 24.3 Å². The van der Waals surface area contributed by atoms with Gasteiger partial charge >= 0.3 is 12.1 Å². The maximum Gasteiger partial charge on any atom is 0.410 e. The van der Waals surface area contributed by atoms with Crippen LogP contribution >= 0.6 is 0 Å². The van der Waals surface area contributed by atoms with Crippen LogP contribution in [-0.2, 0) is 20.7 Å². The molecule has 0 radical (unpaired) electrons. The Morgan fingerprint density at radius 1 is 1.12 bits per heavy atom. The first-order valence-electron chi connectivity index (χ1n) is 12.3. The summed E-state index contributed by atoms with van der Waals surface area (Å²) in [5, 5.41) is 11.8. The molecule has 1 saturated heterocycles. The molecule has 0 saturated carbocycles. The highest BCUT2D eigenvalue weighted by Crippen LogP contribution is 2.24. The number of likely N-dealkylation sites (tertiary alicyclic amines) is 1. The van der Waals surface area contributed by atoms with Gasteiger partial charge in [0.05, 0.1) is 6.61 Å². The van der Waals surface area contributed by atoms with E-state index in [2.05, 4.69) is 5.32 Å². The maximum absolute atomic E-state index is 12.2. The number of carbonyl (C=O) groups excluding carboxylic acids is 2. The van der Waals surface area contributed by atoms with Gasteiger partial charge in [-0.15, -0.1) is 0 Å². The number of nitrogens with one attached hydrogen (secondary N) is 1. The highest BCUT2D eigenvalue weighted by Gasteiger charge is 2.26. The van der Waals surface area contributed by atoms with E-state index in [-0.39, 0.29) is 24.8 Å². The molecule has 190 valence electrons. The quantitative estimate of drug-likeness (QED) is 0.459. The second-order valence-electron chi connectivity index (χ2n) is 9.91. The minimum atomic E-state index is -1.04. The number of carbonyl (C=O) groups is 3. The number of amides is 2. The number of unbranched alkanes of at least 4 members (excludes halogenated alkanes) is 1. The van der Waals surface area contributed by atoms with Crippen molar-refractivity contribution in [2.75, 3.05) is 19.7 Å². The van der Waals surface area contributed by atoms with Gasteiger partial charge in [-0.1, -0.05) is 25.5 Å². The first-order chi connectivity index (χ1) is 16.1. The average molecular weight is 477 g/mol. The van der Waals surface area contributed by atoms with E-state index < -0.39 is 17.6 Å². The first kappa shape index (κ1) is 27.5. The minimum Gasteiger partial charge on any atom is -0.494 e. The summed E-state index contributed by atoms with van der Waals surface area (Å²) < 4.78 is 11.3. The van der Waals surface area contributed by atoms with Crippen molar-refractivity contribution in [3.05, 3.63) is 29.8 Å². The van der Waals surface area contributed by atoms with Gasteiger partial charge in [0.25, 0.3) is 0 Å². The third kappa shape index (κ3) is 10.0. The molecule has 2 amide bonds. The summed E-state index contributed by atoms with van der Waals surface area (Å²) in [6, 6.07) is 6.41. The minimum absolute atomic E-state index is 0.213. The van der Waals surface area contributed by atoms with E-state index in [4.69, 9.17) is 9.47 Å². The van der Waals surface area contributed by atoms with Crippen molar-refractivity contribution in [3.8, 4) is 5.75 Å². The lowest BCUT2D eigenvalue weighted by Crippen LogP contribution is -2.42. The molecule has 8 heteroatoms. The third-order valence-corrected chi connectivity index (χ3v) is 5.86. The largest absolute Gasteiger partial charge is 0.494 e. The monoisotopic (exact) mass is 476 g/mol. The molecule has 1 aromatic rings. The number of nitrogens with zero attached hydrogens (tertiary/aromatic N) is 1. The summed E-state index contributed by atoms with van der Waals surface area (Å²) >= 11 is 0. The van der Waals surface area contributed by atoms with E-state index in [1.54, 1.807) is 6.92 Å². The Morgan fingerprint density at radius 2 is 1.76 bits per heavy atom. The van der Waals surface area contributed by atoms with Gasteiger partial charge < -0.3 is 24.8 Å². The third-order valence-electron chi connectivity index (χ3n) is 5.86. The fourth-order valence-corrected chi connectivity index (χ4v) is 3.91. The van der Waals surface area contributed by atoms with E-state index in [9.17, 15) is 19.5 Å². The zero-order valence-corrected chi connectivity index (χ0v) is 21.0. The molecule has 1 aliphatic rings. The van der Waals surface area contributed by atoms with Crippen LogP contribution in [0.1, 0.15) is 71.8 Å². The average Bonchev–Trinajstić information content (AvgIpc) is 2.78. The van der Waals surface area contributed by atoms with Gasteiger partial charge in [0.1, 0.15) is 17.4 Å². The fourth-order valence-electron chi connectivity index (χ4n) is 3.91. The SMILES string of the molecule is CCC(=O)N[C@@H](Cc1ccc(OCCCCC2CCN(C(=O)OC(C)(C)C)CC2)cc1)C(=O)O. The van der Waals surface area contributed by atoms with Crippen molar-refractivity contribution >= 4 is 18.0 Å². The van der Waals surface area contributed by atoms with Crippen LogP contribution in [0.25, 0.3) is 0 Å². The molecular formula is C26H40N2O6. The molecule has 2 rings (SSSR count). The molecule has 8 nitrogen and oxygen atoms in total. The maximum atomic E-state index is 12.2. The van der Waals surface area contributed by atoms with Crippen molar-refractivity contribution < 1.29 is 29.0 Å². The topological polar surface area (TPSA) is 105 Å². The second-order valence-corrected chi connectivity index (χ2v) is 9.91. The van der Waals surface area contributed by atoms with Crippen molar-refractivity contribution in [1.29, 1.82) is 0 Å². The van der Waals surface area contributed by atoms with E-state index in [1.807, 2.05) is 49.9 Å². The Balaban J connectivity index is 1.63. The second kappa shape index (κ2) is 13.2. The first-order valence-corrected chi connectivity index (χ1v) is 12.3. The van der Waals surface area contributed by atoms with Crippen LogP contribution in [0, 0.1) is 5.92 Å². The van der Waals surface area contributed by atoms with Crippen LogP contribution < -0.4 is 10.1 Å². The number of piperidine rings is 1. The van der Waals surface area contributed by atoms with E-state index >= 15 is 0 Å².